The van der Waals surface area contributed by atoms with Crippen molar-refractivity contribution >= 4 is 19.1 Å². The van der Waals surface area contributed by atoms with Gasteiger partial charge in [0.15, 0.2) is 0 Å². The molecule has 2 aliphatic rings. The first-order valence-corrected chi connectivity index (χ1v) is 13.1. The van der Waals surface area contributed by atoms with Crippen molar-refractivity contribution in [2.45, 2.75) is 57.1 Å². The molecule has 0 saturated carbocycles. The Morgan fingerprint density at radius 2 is 1.86 bits per heavy atom. The lowest BCUT2D eigenvalue weighted by Gasteiger charge is -2.44. The zero-order chi connectivity index (χ0) is 27.0. The molecule has 3 N–H and O–H groups in total. The summed E-state index contributed by atoms with van der Waals surface area (Å²) in [6.07, 6.45) is 0.614. The number of carbonyl (C=O) groups excluding carboxylic acids is 2. The third-order valence-electron chi connectivity index (χ3n) is 7.44. The third kappa shape index (κ3) is 8.43. The fourth-order valence-electron chi connectivity index (χ4n) is 5.12. The Morgan fingerprint density at radius 3 is 2.49 bits per heavy atom. The Labute approximate surface area is 220 Å². The van der Waals surface area contributed by atoms with Gasteiger partial charge < -0.3 is 29.9 Å². The van der Waals surface area contributed by atoms with Crippen molar-refractivity contribution in [1.29, 1.82) is 5.26 Å². The molecule has 11 heteroatoms. The number of alkyl carbamates (subject to hydrolysis) is 1. The van der Waals surface area contributed by atoms with Gasteiger partial charge in [-0.2, -0.15) is 5.26 Å². The number of benzene rings is 1. The number of nitriles is 1. The molecule has 37 heavy (non-hydrogen) atoms. The summed E-state index contributed by atoms with van der Waals surface area (Å²) >= 11 is 0. The van der Waals surface area contributed by atoms with Gasteiger partial charge in [0.25, 0.3) is 0 Å². The molecule has 10 nitrogen and oxygen atoms in total. The number of piperidine rings is 1. The van der Waals surface area contributed by atoms with Crippen molar-refractivity contribution in [3.8, 4) is 6.07 Å². The maximum absolute atomic E-state index is 13.3. The molecule has 0 spiro atoms. The molecule has 0 radical (unpaired) electrons. The number of nitrogens with one attached hydrogen (secondary N) is 1. The first-order chi connectivity index (χ1) is 17.6. The molecule has 2 heterocycles. The molecule has 2 amide bonds. The van der Waals surface area contributed by atoms with Crippen LogP contribution in [0, 0.1) is 17.2 Å². The van der Waals surface area contributed by atoms with E-state index in [1.807, 2.05) is 30.3 Å². The summed E-state index contributed by atoms with van der Waals surface area (Å²) in [6, 6.07) is 11.4. The van der Waals surface area contributed by atoms with Gasteiger partial charge >= 0.3 is 13.2 Å². The number of rotatable bonds is 9. The van der Waals surface area contributed by atoms with Crippen LogP contribution in [0.25, 0.3) is 0 Å². The van der Waals surface area contributed by atoms with Crippen molar-refractivity contribution in [2.24, 2.45) is 5.92 Å². The van der Waals surface area contributed by atoms with Gasteiger partial charge in [0.05, 0.1) is 18.6 Å². The molecule has 3 atom stereocenters. The molecule has 0 aliphatic carbocycles. The molecule has 3 rings (SSSR count). The van der Waals surface area contributed by atoms with Gasteiger partial charge in [0, 0.05) is 38.3 Å². The zero-order valence-corrected chi connectivity index (χ0v) is 22.2. The minimum Gasteiger partial charge on any atom is -0.444 e. The smallest absolute Gasteiger partial charge is 0.444 e. The molecule has 0 bridgehead atoms. The summed E-state index contributed by atoms with van der Waals surface area (Å²) in [5.41, 5.74) is 0.555. The van der Waals surface area contributed by atoms with Gasteiger partial charge in [-0.3, -0.25) is 9.69 Å². The summed E-state index contributed by atoms with van der Waals surface area (Å²) in [4.78, 5) is 32.1. The van der Waals surface area contributed by atoms with Crippen LogP contribution in [0.4, 0.5) is 4.79 Å². The largest absolute Gasteiger partial charge is 0.475 e. The predicted octanol–water partition coefficient (Wildman–Crippen LogP) is 0.883. The number of amides is 2. The van der Waals surface area contributed by atoms with E-state index in [1.165, 1.54) is 0 Å². The number of ether oxygens (including phenoxy) is 1. The average Bonchev–Trinajstić information content (AvgIpc) is 2.87. The number of hydrogen-bond acceptors (Lipinski definition) is 8. The van der Waals surface area contributed by atoms with Crippen LogP contribution in [0.1, 0.15) is 38.7 Å². The minimum absolute atomic E-state index is 0.213. The van der Waals surface area contributed by atoms with Crippen LogP contribution >= 0.6 is 0 Å². The number of nitrogens with zero attached hydrogens (tertiary/aromatic N) is 4. The maximum atomic E-state index is 13.3. The Morgan fingerprint density at radius 1 is 1.19 bits per heavy atom. The fourth-order valence-corrected chi connectivity index (χ4v) is 5.12. The lowest BCUT2D eigenvalue weighted by atomic mass is 9.76. The Bertz CT molecular complexity index is 933. The van der Waals surface area contributed by atoms with Gasteiger partial charge in [0.1, 0.15) is 12.0 Å². The van der Waals surface area contributed by atoms with Gasteiger partial charge in [-0.25, -0.2) is 4.79 Å². The molecular weight excluding hydrogens is 473 g/mol. The predicted molar refractivity (Wildman–Crippen MR) is 140 cm³/mol. The highest BCUT2D eigenvalue weighted by Gasteiger charge is 2.37. The second-order valence-electron chi connectivity index (χ2n) is 10.8. The maximum Gasteiger partial charge on any atom is 0.475 e. The van der Waals surface area contributed by atoms with Gasteiger partial charge in [-0.1, -0.05) is 30.3 Å². The summed E-state index contributed by atoms with van der Waals surface area (Å²) in [5, 5.41) is 31.8. The molecule has 1 aromatic carbocycles. The van der Waals surface area contributed by atoms with Crippen LogP contribution in [0.2, 0.25) is 0 Å². The third-order valence-corrected chi connectivity index (χ3v) is 7.44. The monoisotopic (exact) mass is 513 g/mol. The quantitative estimate of drug-likeness (QED) is 0.415. The summed E-state index contributed by atoms with van der Waals surface area (Å²) in [5.74, 6) is -1.94. The molecule has 2 fully saturated rings. The molecule has 2 saturated heterocycles. The highest BCUT2D eigenvalue weighted by atomic mass is 16.6. The molecular formula is C26H40BN5O5. The normalized spacial score (nSPS) is 21.0. The summed E-state index contributed by atoms with van der Waals surface area (Å²) in [6.45, 7) is 8.62. The summed E-state index contributed by atoms with van der Waals surface area (Å²) in [7, 11) is 0.341. The lowest BCUT2D eigenvalue weighted by Crippen LogP contribution is -2.55. The second kappa shape index (κ2) is 13.2. The highest BCUT2D eigenvalue weighted by molar-refractivity contribution is 6.43. The van der Waals surface area contributed by atoms with E-state index in [0.717, 1.165) is 31.7 Å². The van der Waals surface area contributed by atoms with E-state index in [2.05, 4.69) is 42.1 Å². The van der Waals surface area contributed by atoms with Crippen LogP contribution < -0.4 is 5.32 Å². The number of piperazine rings is 1. The molecule has 202 valence electrons. The van der Waals surface area contributed by atoms with Gasteiger partial charge in [0.2, 0.25) is 5.91 Å². The van der Waals surface area contributed by atoms with Crippen molar-refractivity contribution in [1.82, 2.24) is 20.0 Å². The Balaban J connectivity index is 1.54. The van der Waals surface area contributed by atoms with E-state index in [1.54, 1.807) is 4.90 Å². The highest BCUT2D eigenvalue weighted by Crippen LogP contribution is 2.27. The second-order valence-corrected chi connectivity index (χ2v) is 10.8. The van der Waals surface area contributed by atoms with E-state index >= 15 is 0 Å². The molecule has 1 aromatic rings. The molecule has 2 unspecified atom stereocenters. The van der Waals surface area contributed by atoms with Crippen LogP contribution in [0.5, 0.6) is 0 Å². The Kier molecular flexibility index (Phi) is 10.3. The number of likely N-dealkylation sites (tertiary alicyclic amines) is 1. The van der Waals surface area contributed by atoms with E-state index in [-0.39, 0.29) is 24.4 Å². The molecule has 0 aromatic heterocycles. The number of carbonyl (C=O) groups is 2. The van der Waals surface area contributed by atoms with E-state index in [4.69, 9.17) is 4.74 Å². The van der Waals surface area contributed by atoms with Gasteiger partial charge in [-0.05, 0) is 52.1 Å². The average molecular weight is 513 g/mol. The lowest BCUT2D eigenvalue weighted by molar-refractivity contribution is -0.138. The standard InChI is InChI=1S/C26H40BN5O5/c1-26(2,32-14-12-30(3)13-15-32)17-21(18-28)24(33)31-11-7-10-22(19-31)37-25(34)29-23(27(35)36)16-20-8-5-4-6-9-20/h4-6,8-9,21-23,35-36H,7,10-17,19H2,1-3H3,(H,29,34)/t21?,22?,23-/m0/s1. The number of hydrogen-bond donors (Lipinski definition) is 3. The first-order valence-electron chi connectivity index (χ1n) is 13.1. The van der Waals surface area contributed by atoms with Crippen LogP contribution in [0.3, 0.4) is 0 Å². The van der Waals surface area contributed by atoms with Crippen molar-refractivity contribution in [3.63, 3.8) is 0 Å². The Hall–Kier alpha value is -2.65. The van der Waals surface area contributed by atoms with Crippen LogP contribution in [-0.2, 0) is 16.0 Å². The minimum atomic E-state index is -1.75. The topological polar surface area (TPSA) is 129 Å². The van der Waals surface area contributed by atoms with Crippen LogP contribution in [-0.4, -0.2) is 108 Å². The van der Waals surface area contributed by atoms with Crippen LogP contribution in [0.15, 0.2) is 30.3 Å². The summed E-state index contributed by atoms with van der Waals surface area (Å²) < 4.78 is 5.55. The fraction of sp³-hybridized carbons (Fsp3) is 0.654. The van der Waals surface area contributed by atoms with E-state index in [9.17, 15) is 24.9 Å². The van der Waals surface area contributed by atoms with E-state index in [0.29, 0.717) is 25.8 Å². The van der Waals surface area contributed by atoms with Crippen molar-refractivity contribution < 1.29 is 24.4 Å². The van der Waals surface area contributed by atoms with Gasteiger partial charge in [-0.15, -0.1) is 0 Å². The SMILES string of the molecule is CN1CCN(C(C)(C)CC(C#N)C(=O)N2CCCC(OC(=O)N[C@@H](Cc3ccccc3)B(O)O)C2)CC1. The first kappa shape index (κ1) is 28.9. The van der Waals surface area contributed by atoms with Crippen molar-refractivity contribution in [2.75, 3.05) is 46.3 Å². The van der Waals surface area contributed by atoms with E-state index < -0.39 is 31.2 Å². The molecule has 2 aliphatic heterocycles. The van der Waals surface area contributed by atoms with Crippen molar-refractivity contribution in [3.05, 3.63) is 35.9 Å². The zero-order valence-electron chi connectivity index (χ0n) is 22.2. The number of likely N-dealkylation sites (N-methyl/N-ethyl adjacent to an activating group) is 1.